The monoisotopic (exact) mass is 509 g/mol. The van der Waals surface area contributed by atoms with Gasteiger partial charge < -0.3 is 19.7 Å². The van der Waals surface area contributed by atoms with Crippen LogP contribution in [0.2, 0.25) is 0 Å². The molecule has 0 bridgehead atoms. The summed E-state index contributed by atoms with van der Waals surface area (Å²) in [4.78, 5) is 6.82. The smallest absolute Gasteiger partial charge is 0.194 e. The Morgan fingerprint density at radius 3 is 2.50 bits per heavy atom. The third-order valence-corrected chi connectivity index (χ3v) is 4.10. The Balaban J connectivity index is 0.00000729. The molecule has 28 heavy (non-hydrogen) atoms. The topological polar surface area (TPSA) is 63.9 Å². The van der Waals surface area contributed by atoms with E-state index in [4.69, 9.17) is 9.47 Å². The molecule has 0 aromatic carbocycles. The molecule has 1 aromatic rings. The maximum absolute atomic E-state index is 5.60. The summed E-state index contributed by atoms with van der Waals surface area (Å²) in [7, 11) is 4.03. The van der Waals surface area contributed by atoms with Crippen LogP contribution in [0.5, 0.6) is 0 Å². The van der Waals surface area contributed by atoms with Gasteiger partial charge in [0.1, 0.15) is 0 Å². The van der Waals surface area contributed by atoms with Crippen LogP contribution in [0, 0.1) is 0 Å². The molecule has 0 unspecified atom stereocenters. The molecule has 0 aliphatic heterocycles. The molecular formula is C20H40IN5O2. The highest BCUT2D eigenvalue weighted by Gasteiger charge is 2.15. The average molecular weight is 509 g/mol. The van der Waals surface area contributed by atoms with Crippen LogP contribution in [-0.2, 0) is 23.1 Å². The SMILES string of the molecule is CCCCOCCOCCN=C(NCC)N(C)Cc1cn(C)nc1C(C)C.I. The Kier molecular flexibility index (Phi) is 15.5. The summed E-state index contributed by atoms with van der Waals surface area (Å²) in [5.41, 5.74) is 2.38. The Labute approximate surface area is 188 Å². The van der Waals surface area contributed by atoms with Crippen molar-refractivity contribution >= 4 is 29.9 Å². The summed E-state index contributed by atoms with van der Waals surface area (Å²) in [5, 5.41) is 7.94. The van der Waals surface area contributed by atoms with Crippen LogP contribution in [0.1, 0.15) is 57.7 Å². The van der Waals surface area contributed by atoms with Crippen molar-refractivity contribution in [3.63, 3.8) is 0 Å². The Hall–Kier alpha value is -0.870. The molecule has 0 fully saturated rings. The van der Waals surface area contributed by atoms with E-state index in [0.29, 0.717) is 32.3 Å². The van der Waals surface area contributed by atoms with Crippen LogP contribution >= 0.6 is 24.0 Å². The maximum Gasteiger partial charge on any atom is 0.194 e. The van der Waals surface area contributed by atoms with E-state index in [9.17, 15) is 0 Å². The highest BCUT2D eigenvalue weighted by molar-refractivity contribution is 14.0. The third kappa shape index (κ3) is 10.6. The number of halogens is 1. The zero-order valence-corrected chi connectivity index (χ0v) is 20.9. The maximum atomic E-state index is 5.60. The van der Waals surface area contributed by atoms with E-state index in [1.165, 1.54) is 5.56 Å². The molecule has 0 amide bonds. The van der Waals surface area contributed by atoms with Gasteiger partial charge in [0.2, 0.25) is 0 Å². The molecule has 0 spiro atoms. The molecule has 8 heteroatoms. The van der Waals surface area contributed by atoms with E-state index in [2.05, 4.69) is 61.2 Å². The zero-order chi connectivity index (χ0) is 20.1. The Bertz CT molecular complexity index is 549. The number of unbranched alkanes of at least 4 members (excludes halogenated alkanes) is 1. The minimum absolute atomic E-state index is 0. The molecule has 0 radical (unpaired) electrons. The number of rotatable bonds is 13. The molecule has 0 atom stereocenters. The van der Waals surface area contributed by atoms with E-state index in [1.807, 2.05) is 11.7 Å². The number of guanidine groups is 1. The van der Waals surface area contributed by atoms with E-state index in [0.717, 1.165) is 44.2 Å². The van der Waals surface area contributed by atoms with Gasteiger partial charge in [-0.05, 0) is 19.3 Å². The van der Waals surface area contributed by atoms with Crippen LogP contribution in [0.25, 0.3) is 0 Å². The van der Waals surface area contributed by atoms with Crippen LogP contribution in [-0.4, -0.2) is 67.2 Å². The number of ether oxygens (including phenoxy) is 2. The normalized spacial score (nSPS) is 11.6. The molecule has 0 saturated carbocycles. The summed E-state index contributed by atoms with van der Waals surface area (Å²) in [6, 6.07) is 0. The first-order valence-corrected chi connectivity index (χ1v) is 10.2. The first kappa shape index (κ1) is 27.1. The molecule has 1 rings (SSSR count). The second-order valence-corrected chi connectivity index (χ2v) is 7.04. The van der Waals surface area contributed by atoms with E-state index in [-0.39, 0.29) is 24.0 Å². The zero-order valence-electron chi connectivity index (χ0n) is 18.5. The summed E-state index contributed by atoms with van der Waals surface area (Å²) in [5.74, 6) is 1.29. The van der Waals surface area contributed by atoms with E-state index >= 15 is 0 Å². The summed E-state index contributed by atoms with van der Waals surface area (Å²) < 4.78 is 13.0. The van der Waals surface area contributed by atoms with Crippen molar-refractivity contribution < 1.29 is 9.47 Å². The molecule has 0 saturated heterocycles. The van der Waals surface area contributed by atoms with Crippen LogP contribution in [0.15, 0.2) is 11.2 Å². The van der Waals surface area contributed by atoms with Crippen molar-refractivity contribution in [2.24, 2.45) is 12.0 Å². The quantitative estimate of drug-likeness (QED) is 0.191. The van der Waals surface area contributed by atoms with Gasteiger partial charge in [0.15, 0.2) is 5.96 Å². The predicted molar refractivity (Wildman–Crippen MR) is 127 cm³/mol. The molecular weight excluding hydrogens is 469 g/mol. The van der Waals surface area contributed by atoms with Gasteiger partial charge in [-0.2, -0.15) is 5.10 Å². The standard InChI is InChI=1S/C20H39N5O2.HI/c1-7-9-11-26-13-14-27-12-10-22-20(21-8-2)24(5)15-18-16-25(6)23-19(18)17(3)4;/h16-17H,7-15H2,1-6H3,(H,21,22);1H. The summed E-state index contributed by atoms with van der Waals surface area (Å²) >= 11 is 0. The number of aromatic nitrogens is 2. The van der Waals surface area contributed by atoms with E-state index in [1.54, 1.807) is 0 Å². The van der Waals surface area contributed by atoms with Crippen LogP contribution < -0.4 is 5.32 Å². The third-order valence-electron chi connectivity index (χ3n) is 4.10. The van der Waals surface area contributed by atoms with Crippen molar-refractivity contribution in [3.8, 4) is 0 Å². The van der Waals surface area contributed by atoms with E-state index < -0.39 is 0 Å². The highest BCUT2D eigenvalue weighted by atomic mass is 127. The lowest BCUT2D eigenvalue weighted by Crippen LogP contribution is -2.38. The number of aryl methyl sites for hydroxylation is 1. The minimum Gasteiger partial charge on any atom is -0.379 e. The van der Waals surface area contributed by atoms with Gasteiger partial charge in [0, 0.05) is 45.6 Å². The molecule has 0 aliphatic carbocycles. The van der Waals surface area contributed by atoms with Crippen molar-refractivity contribution in [2.45, 2.75) is 53.0 Å². The molecule has 1 aromatic heterocycles. The van der Waals surface area contributed by atoms with Gasteiger partial charge in [-0.25, -0.2) is 0 Å². The molecule has 0 aliphatic rings. The van der Waals surface area contributed by atoms with Crippen molar-refractivity contribution in [1.29, 1.82) is 0 Å². The van der Waals surface area contributed by atoms with Gasteiger partial charge in [0.05, 0.1) is 32.1 Å². The van der Waals surface area contributed by atoms with Crippen molar-refractivity contribution in [1.82, 2.24) is 20.0 Å². The van der Waals surface area contributed by atoms with Crippen LogP contribution in [0.4, 0.5) is 0 Å². The number of hydrogen-bond acceptors (Lipinski definition) is 4. The van der Waals surface area contributed by atoms with Gasteiger partial charge in [-0.15, -0.1) is 24.0 Å². The Morgan fingerprint density at radius 1 is 1.21 bits per heavy atom. The van der Waals surface area contributed by atoms with Gasteiger partial charge in [0.25, 0.3) is 0 Å². The second-order valence-electron chi connectivity index (χ2n) is 7.04. The first-order valence-electron chi connectivity index (χ1n) is 10.2. The van der Waals surface area contributed by atoms with Gasteiger partial charge >= 0.3 is 0 Å². The minimum atomic E-state index is 0. The van der Waals surface area contributed by atoms with Crippen LogP contribution in [0.3, 0.4) is 0 Å². The van der Waals surface area contributed by atoms with Gasteiger partial charge in [-0.1, -0.05) is 27.2 Å². The predicted octanol–water partition coefficient (Wildman–Crippen LogP) is 3.39. The first-order chi connectivity index (χ1) is 13.0. The number of nitrogens with zero attached hydrogens (tertiary/aromatic N) is 4. The number of nitrogens with one attached hydrogen (secondary N) is 1. The summed E-state index contributed by atoms with van der Waals surface area (Å²) in [6.07, 6.45) is 4.36. The highest BCUT2D eigenvalue weighted by Crippen LogP contribution is 2.18. The summed E-state index contributed by atoms with van der Waals surface area (Å²) in [6.45, 7) is 13.5. The molecule has 1 heterocycles. The van der Waals surface area contributed by atoms with Crippen molar-refractivity contribution in [3.05, 3.63) is 17.5 Å². The fourth-order valence-electron chi connectivity index (χ4n) is 2.75. The number of hydrogen-bond donors (Lipinski definition) is 1. The molecule has 164 valence electrons. The lowest BCUT2D eigenvalue weighted by Gasteiger charge is -2.22. The lowest BCUT2D eigenvalue weighted by atomic mass is 10.1. The molecule has 1 N–H and O–H groups in total. The average Bonchev–Trinajstić information content (AvgIpc) is 2.99. The molecule has 7 nitrogen and oxygen atoms in total. The van der Waals surface area contributed by atoms with Crippen molar-refractivity contribution in [2.75, 3.05) is 46.6 Å². The van der Waals surface area contributed by atoms with Gasteiger partial charge in [-0.3, -0.25) is 9.67 Å². The lowest BCUT2D eigenvalue weighted by molar-refractivity contribution is 0.0497. The fraction of sp³-hybridized carbons (Fsp3) is 0.800. The number of aliphatic imine (C=N–C) groups is 1. The second kappa shape index (κ2) is 16.0. The largest absolute Gasteiger partial charge is 0.379 e. The fourth-order valence-corrected chi connectivity index (χ4v) is 2.75. The Morgan fingerprint density at radius 2 is 1.89 bits per heavy atom.